The van der Waals surface area contributed by atoms with Crippen LogP contribution in [0.5, 0.6) is 5.88 Å². The van der Waals surface area contributed by atoms with E-state index in [9.17, 15) is 13.6 Å². The Hall–Kier alpha value is -2.94. The first-order chi connectivity index (χ1) is 12.5. The van der Waals surface area contributed by atoms with E-state index in [1.807, 2.05) is 0 Å². The fourth-order valence-electron chi connectivity index (χ4n) is 2.33. The van der Waals surface area contributed by atoms with E-state index in [0.717, 1.165) is 12.1 Å². The Morgan fingerprint density at radius 1 is 1.27 bits per heavy atom. The topological polar surface area (TPSA) is 77.0 Å². The number of carbonyl (C=O) groups is 1. The predicted octanol–water partition coefficient (Wildman–Crippen LogP) is 3.37. The molecule has 134 valence electrons. The van der Waals surface area contributed by atoms with E-state index in [0.29, 0.717) is 34.1 Å². The van der Waals surface area contributed by atoms with Gasteiger partial charge in [-0.1, -0.05) is 0 Å². The molecule has 1 amide bonds. The predicted molar refractivity (Wildman–Crippen MR) is 92.6 cm³/mol. The average molecular weight is 376 g/mol. The van der Waals surface area contributed by atoms with Crippen molar-refractivity contribution in [3.05, 3.63) is 64.1 Å². The molecular formula is C17H14F2N4O2S. The van der Waals surface area contributed by atoms with Crippen molar-refractivity contribution in [2.24, 2.45) is 0 Å². The van der Waals surface area contributed by atoms with Gasteiger partial charge in [-0.3, -0.25) is 9.78 Å². The molecule has 2 heterocycles. The van der Waals surface area contributed by atoms with Gasteiger partial charge in [-0.15, -0.1) is 0 Å². The quantitative estimate of drug-likeness (QED) is 0.739. The maximum absolute atomic E-state index is 13.3. The normalized spacial score (nSPS) is 10.6. The molecule has 0 atom stereocenters. The molecule has 3 rings (SSSR count). The van der Waals surface area contributed by atoms with Crippen LogP contribution in [0.3, 0.4) is 0 Å². The van der Waals surface area contributed by atoms with E-state index in [2.05, 4.69) is 19.7 Å². The van der Waals surface area contributed by atoms with Crippen LogP contribution in [0.15, 0.2) is 30.6 Å². The van der Waals surface area contributed by atoms with E-state index in [4.69, 9.17) is 4.74 Å². The van der Waals surface area contributed by atoms with Crippen molar-refractivity contribution < 1.29 is 18.3 Å². The minimum absolute atomic E-state index is 0.159. The van der Waals surface area contributed by atoms with Crippen molar-refractivity contribution in [3.63, 3.8) is 0 Å². The van der Waals surface area contributed by atoms with Gasteiger partial charge in [-0.2, -0.15) is 4.37 Å². The number of carbonyl (C=O) groups excluding carboxylic acids is 1. The van der Waals surface area contributed by atoms with E-state index in [-0.39, 0.29) is 5.69 Å². The number of aromatic nitrogens is 3. The number of hydrogen-bond acceptors (Lipinski definition) is 6. The summed E-state index contributed by atoms with van der Waals surface area (Å²) in [6, 6.07) is 3.17. The van der Waals surface area contributed by atoms with Crippen LogP contribution in [0.4, 0.5) is 14.5 Å². The molecule has 0 saturated carbocycles. The maximum Gasteiger partial charge on any atom is 0.258 e. The molecule has 0 aliphatic carbocycles. The number of methoxy groups -OCH3 is 1. The SMILES string of the molecule is COc1cncc(Cc2snc(C)c2C(=O)Nc2ccc(F)c(F)c2)n1. The number of nitrogens with one attached hydrogen (secondary N) is 1. The second-order valence-electron chi connectivity index (χ2n) is 5.38. The molecule has 0 bridgehead atoms. The lowest BCUT2D eigenvalue weighted by molar-refractivity contribution is 0.102. The lowest BCUT2D eigenvalue weighted by Crippen LogP contribution is -2.15. The monoisotopic (exact) mass is 376 g/mol. The number of hydrogen-bond donors (Lipinski definition) is 1. The molecule has 2 aromatic heterocycles. The van der Waals surface area contributed by atoms with Crippen LogP contribution in [-0.4, -0.2) is 27.4 Å². The van der Waals surface area contributed by atoms with Crippen LogP contribution < -0.4 is 10.1 Å². The van der Waals surface area contributed by atoms with Crippen LogP contribution in [0.1, 0.15) is 26.6 Å². The van der Waals surface area contributed by atoms with Crippen LogP contribution in [0.2, 0.25) is 0 Å². The lowest BCUT2D eigenvalue weighted by Gasteiger charge is -2.07. The van der Waals surface area contributed by atoms with Crippen LogP contribution in [0.25, 0.3) is 0 Å². The number of halogens is 2. The van der Waals surface area contributed by atoms with Gasteiger partial charge in [0, 0.05) is 29.2 Å². The summed E-state index contributed by atoms with van der Waals surface area (Å²) in [5.41, 5.74) is 1.70. The summed E-state index contributed by atoms with van der Waals surface area (Å²) in [6.07, 6.45) is 3.41. The number of rotatable bonds is 5. The van der Waals surface area contributed by atoms with Crippen molar-refractivity contribution in [2.45, 2.75) is 13.3 Å². The molecule has 9 heteroatoms. The zero-order chi connectivity index (χ0) is 18.7. The average Bonchev–Trinajstić information content (AvgIpc) is 2.98. The highest BCUT2D eigenvalue weighted by atomic mass is 32.1. The van der Waals surface area contributed by atoms with Gasteiger partial charge >= 0.3 is 0 Å². The summed E-state index contributed by atoms with van der Waals surface area (Å²) in [5.74, 6) is -2.09. The summed E-state index contributed by atoms with van der Waals surface area (Å²) < 4.78 is 35.6. The highest BCUT2D eigenvalue weighted by Gasteiger charge is 2.20. The summed E-state index contributed by atoms with van der Waals surface area (Å²) >= 11 is 1.18. The fraction of sp³-hybridized carbons (Fsp3) is 0.176. The molecule has 0 spiro atoms. The third-order valence-corrected chi connectivity index (χ3v) is 4.49. The molecule has 1 aromatic carbocycles. The Kier molecular flexibility index (Phi) is 5.17. The Bertz CT molecular complexity index is 962. The van der Waals surface area contributed by atoms with E-state index < -0.39 is 17.5 Å². The zero-order valence-electron chi connectivity index (χ0n) is 13.9. The van der Waals surface area contributed by atoms with Crippen molar-refractivity contribution in [2.75, 3.05) is 12.4 Å². The summed E-state index contributed by atoms with van der Waals surface area (Å²) in [4.78, 5) is 21.6. The third kappa shape index (κ3) is 3.83. The number of amides is 1. The van der Waals surface area contributed by atoms with Gasteiger partial charge in [0.1, 0.15) is 0 Å². The number of nitrogens with zero attached hydrogens (tertiary/aromatic N) is 3. The van der Waals surface area contributed by atoms with Crippen LogP contribution in [0, 0.1) is 18.6 Å². The molecule has 0 aliphatic rings. The van der Waals surface area contributed by atoms with Crippen LogP contribution in [-0.2, 0) is 6.42 Å². The molecule has 0 fully saturated rings. The van der Waals surface area contributed by atoms with Gasteiger partial charge < -0.3 is 10.1 Å². The van der Waals surface area contributed by atoms with E-state index in [1.54, 1.807) is 13.1 Å². The van der Waals surface area contributed by atoms with Crippen molar-refractivity contribution in [1.82, 2.24) is 14.3 Å². The van der Waals surface area contributed by atoms with Gasteiger partial charge in [0.2, 0.25) is 5.88 Å². The minimum atomic E-state index is -1.03. The smallest absolute Gasteiger partial charge is 0.258 e. The van der Waals surface area contributed by atoms with Crippen molar-refractivity contribution in [3.8, 4) is 5.88 Å². The molecule has 6 nitrogen and oxygen atoms in total. The molecule has 0 saturated heterocycles. The van der Waals surface area contributed by atoms with E-state index >= 15 is 0 Å². The van der Waals surface area contributed by atoms with Crippen molar-refractivity contribution >= 4 is 23.1 Å². The molecule has 0 unspecified atom stereocenters. The first-order valence-corrected chi connectivity index (χ1v) is 8.31. The lowest BCUT2D eigenvalue weighted by atomic mass is 10.1. The summed E-state index contributed by atoms with van der Waals surface area (Å²) in [7, 11) is 1.49. The van der Waals surface area contributed by atoms with Gasteiger partial charge in [-0.05, 0) is 30.6 Å². The number of benzene rings is 1. The number of aryl methyl sites for hydroxylation is 1. The van der Waals surface area contributed by atoms with Gasteiger partial charge in [-0.25, -0.2) is 13.8 Å². The fourth-order valence-corrected chi connectivity index (χ4v) is 3.21. The Morgan fingerprint density at radius 2 is 2.08 bits per heavy atom. The van der Waals surface area contributed by atoms with Crippen LogP contribution >= 0.6 is 11.5 Å². The Morgan fingerprint density at radius 3 is 2.81 bits per heavy atom. The molecular weight excluding hydrogens is 362 g/mol. The van der Waals surface area contributed by atoms with Crippen molar-refractivity contribution in [1.29, 1.82) is 0 Å². The highest BCUT2D eigenvalue weighted by Crippen LogP contribution is 2.23. The molecule has 0 radical (unpaired) electrons. The van der Waals surface area contributed by atoms with Gasteiger partial charge in [0.05, 0.1) is 30.3 Å². The third-order valence-electron chi connectivity index (χ3n) is 3.55. The first-order valence-electron chi connectivity index (χ1n) is 7.54. The molecule has 0 aliphatic heterocycles. The maximum atomic E-state index is 13.3. The number of anilines is 1. The summed E-state index contributed by atoms with van der Waals surface area (Å²) in [5, 5.41) is 2.56. The Balaban J connectivity index is 1.84. The minimum Gasteiger partial charge on any atom is -0.480 e. The standard InChI is InChI=1S/C17H14F2N4O2S/c1-9-16(17(24)22-10-3-4-12(18)13(19)5-10)14(26-23-9)6-11-7-20-8-15(21-11)25-2/h3-5,7-8H,6H2,1-2H3,(H,22,24). The number of ether oxygens (including phenoxy) is 1. The second-order valence-corrected chi connectivity index (χ2v) is 6.24. The second kappa shape index (κ2) is 7.52. The van der Waals surface area contributed by atoms with E-state index in [1.165, 1.54) is 30.9 Å². The molecule has 1 N–H and O–H groups in total. The molecule has 26 heavy (non-hydrogen) atoms. The van der Waals surface area contributed by atoms with Gasteiger partial charge in [0.25, 0.3) is 5.91 Å². The Labute approximate surface area is 152 Å². The summed E-state index contributed by atoms with van der Waals surface area (Å²) in [6.45, 7) is 1.71. The first kappa shape index (κ1) is 17.9. The zero-order valence-corrected chi connectivity index (χ0v) is 14.7. The molecule has 3 aromatic rings. The van der Waals surface area contributed by atoms with Gasteiger partial charge in [0.15, 0.2) is 11.6 Å². The largest absolute Gasteiger partial charge is 0.480 e. The highest BCUT2D eigenvalue weighted by molar-refractivity contribution is 7.06.